The first-order valence-electron chi connectivity index (χ1n) is 8.43. The second kappa shape index (κ2) is 5.73. The van der Waals surface area contributed by atoms with Gasteiger partial charge in [-0.05, 0) is 42.0 Å². The number of aryl methyl sites for hydroxylation is 2. The van der Waals surface area contributed by atoms with Crippen LogP contribution in [0.25, 0.3) is 0 Å². The van der Waals surface area contributed by atoms with Crippen molar-refractivity contribution >= 4 is 11.6 Å². The van der Waals surface area contributed by atoms with E-state index in [2.05, 4.69) is 54.7 Å². The molecule has 2 aromatic rings. The molecule has 0 aromatic heterocycles. The van der Waals surface area contributed by atoms with E-state index in [1.54, 1.807) is 0 Å². The van der Waals surface area contributed by atoms with E-state index in [4.69, 9.17) is 0 Å². The third kappa shape index (κ3) is 2.61. The maximum Gasteiger partial charge on any atom is 0.245 e. The number of amides is 1. The molecular formula is C20H22N2O. The maximum atomic E-state index is 13.0. The molecule has 0 saturated heterocycles. The highest BCUT2D eigenvalue weighted by Crippen LogP contribution is 2.30. The number of nitrogens with zero attached hydrogens (tertiary/aromatic N) is 1. The number of carbonyl (C=O) groups is 1. The highest BCUT2D eigenvalue weighted by molar-refractivity contribution is 5.88. The third-order valence-electron chi connectivity index (χ3n) is 5.07. The van der Waals surface area contributed by atoms with Crippen LogP contribution < -0.4 is 5.32 Å². The van der Waals surface area contributed by atoms with Crippen LogP contribution in [0.2, 0.25) is 0 Å². The van der Waals surface area contributed by atoms with Gasteiger partial charge in [-0.25, -0.2) is 0 Å². The van der Waals surface area contributed by atoms with Crippen LogP contribution >= 0.6 is 0 Å². The molecule has 0 bridgehead atoms. The highest BCUT2D eigenvalue weighted by Gasteiger charge is 2.31. The number of rotatable bonds is 1. The van der Waals surface area contributed by atoms with Crippen LogP contribution in [0.4, 0.5) is 5.69 Å². The minimum absolute atomic E-state index is 0.114. The van der Waals surface area contributed by atoms with Gasteiger partial charge in [0, 0.05) is 25.2 Å². The zero-order valence-corrected chi connectivity index (χ0v) is 13.5. The second-order valence-corrected chi connectivity index (χ2v) is 6.64. The number of fused-ring (bicyclic) bond motifs is 2. The van der Waals surface area contributed by atoms with Crippen molar-refractivity contribution in [2.24, 2.45) is 0 Å². The maximum absolute atomic E-state index is 13.0. The van der Waals surface area contributed by atoms with E-state index in [1.807, 2.05) is 4.90 Å². The summed E-state index contributed by atoms with van der Waals surface area (Å²) in [5.41, 5.74) is 6.32. The van der Waals surface area contributed by atoms with Crippen LogP contribution in [0, 0.1) is 6.92 Å². The molecule has 4 rings (SSSR count). The van der Waals surface area contributed by atoms with E-state index < -0.39 is 0 Å². The Morgan fingerprint density at radius 2 is 1.87 bits per heavy atom. The Kier molecular flexibility index (Phi) is 3.56. The van der Waals surface area contributed by atoms with E-state index in [0.717, 1.165) is 38.0 Å². The molecule has 2 aromatic carbocycles. The van der Waals surface area contributed by atoms with Crippen molar-refractivity contribution in [1.29, 1.82) is 0 Å². The van der Waals surface area contributed by atoms with Crippen LogP contribution in [-0.4, -0.2) is 23.4 Å². The number of para-hydroxylation sites is 1. The predicted octanol–water partition coefficient (Wildman–Crippen LogP) is 3.31. The quantitative estimate of drug-likeness (QED) is 0.876. The van der Waals surface area contributed by atoms with Gasteiger partial charge in [0.1, 0.15) is 6.04 Å². The molecule has 0 aliphatic carbocycles. The summed E-state index contributed by atoms with van der Waals surface area (Å²) in [4.78, 5) is 15.0. The molecular weight excluding hydrogens is 284 g/mol. The van der Waals surface area contributed by atoms with Gasteiger partial charge in [-0.3, -0.25) is 4.79 Å². The first-order chi connectivity index (χ1) is 11.2. The first kappa shape index (κ1) is 14.3. The number of hydrogen-bond acceptors (Lipinski definition) is 2. The van der Waals surface area contributed by atoms with Gasteiger partial charge in [0.15, 0.2) is 0 Å². The minimum atomic E-state index is -0.114. The summed E-state index contributed by atoms with van der Waals surface area (Å²) in [5, 5.41) is 3.45. The largest absolute Gasteiger partial charge is 0.373 e. The van der Waals surface area contributed by atoms with Gasteiger partial charge >= 0.3 is 0 Å². The van der Waals surface area contributed by atoms with Crippen LogP contribution in [0.1, 0.15) is 28.7 Å². The van der Waals surface area contributed by atoms with Gasteiger partial charge < -0.3 is 10.2 Å². The van der Waals surface area contributed by atoms with Crippen molar-refractivity contribution in [3.05, 3.63) is 64.7 Å². The van der Waals surface area contributed by atoms with Crippen molar-refractivity contribution < 1.29 is 4.79 Å². The van der Waals surface area contributed by atoms with Gasteiger partial charge in [-0.2, -0.15) is 0 Å². The fourth-order valence-corrected chi connectivity index (χ4v) is 3.81. The zero-order chi connectivity index (χ0) is 15.8. The molecule has 0 fully saturated rings. The summed E-state index contributed by atoms with van der Waals surface area (Å²) in [7, 11) is 0. The zero-order valence-electron chi connectivity index (χ0n) is 13.5. The normalized spacial score (nSPS) is 19.5. The van der Waals surface area contributed by atoms with Crippen molar-refractivity contribution in [3.63, 3.8) is 0 Å². The van der Waals surface area contributed by atoms with Crippen LogP contribution in [0.15, 0.2) is 42.5 Å². The smallest absolute Gasteiger partial charge is 0.245 e. The third-order valence-corrected chi connectivity index (χ3v) is 5.07. The van der Waals surface area contributed by atoms with Gasteiger partial charge in [0.2, 0.25) is 5.91 Å². The van der Waals surface area contributed by atoms with E-state index in [1.165, 1.54) is 22.3 Å². The lowest BCUT2D eigenvalue weighted by atomic mass is 10.0. The number of carbonyl (C=O) groups excluding carboxylic acids is 1. The Labute approximate surface area is 137 Å². The molecule has 3 nitrogen and oxygen atoms in total. The lowest BCUT2D eigenvalue weighted by Crippen LogP contribution is -2.41. The molecule has 0 radical (unpaired) electrons. The standard InChI is InChI=1S/C20H22N2O/c1-14-6-4-9-16-12-18(21-19(14)16)20(23)22-11-5-10-15-7-2-3-8-17(15)13-22/h2-4,6-9,18,21H,5,10-13H2,1H3. The van der Waals surface area contributed by atoms with E-state index in [-0.39, 0.29) is 11.9 Å². The Balaban J connectivity index is 1.53. The molecule has 1 amide bonds. The lowest BCUT2D eigenvalue weighted by Gasteiger charge is -2.24. The Morgan fingerprint density at radius 1 is 1.09 bits per heavy atom. The molecule has 2 heterocycles. The molecule has 23 heavy (non-hydrogen) atoms. The first-order valence-corrected chi connectivity index (χ1v) is 8.43. The summed E-state index contributed by atoms with van der Waals surface area (Å²) in [6.45, 7) is 3.68. The van der Waals surface area contributed by atoms with Crippen LogP contribution in [0.5, 0.6) is 0 Å². The lowest BCUT2D eigenvalue weighted by molar-refractivity contribution is -0.132. The molecule has 1 atom stereocenters. The van der Waals surface area contributed by atoms with E-state index >= 15 is 0 Å². The van der Waals surface area contributed by atoms with Gasteiger partial charge in [-0.1, -0.05) is 42.5 Å². The topological polar surface area (TPSA) is 32.3 Å². The highest BCUT2D eigenvalue weighted by atomic mass is 16.2. The summed E-state index contributed by atoms with van der Waals surface area (Å²) in [6.07, 6.45) is 2.91. The molecule has 3 heteroatoms. The predicted molar refractivity (Wildman–Crippen MR) is 92.5 cm³/mol. The van der Waals surface area contributed by atoms with Crippen LogP contribution in [0.3, 0.4) is 0 Å². The SMILES string of the molecule is Cc1cccc2c1NC(C(=O)N1CCCc3ccccc3C1)C2. The molecule has 2 aliphatic heterocycles. The molecule has 0 spiro atoms. The Bertz CT molecular complexity index is 753. The monoisotopic (exact) mass is 306 g/mol. The van der Waals surface area contributed by atoms with Crippen molar-refractivity contribution in [2.45, 2.75) is 38.8 Å². The molecule has 1 N–H and O–H groups in total. The van der Waals surface area contributed by atoms with Crippen molar-refractivity contribution in [1.82, 2.24) is 4.90 Å². The van der Waals surface area contributed by atoms with Crippen LogP contribution in [-0.2, 0) is 24.2 Å². The summed E-state index contributed by atoms with van der Waals surface area (Å²) in [6, 6.07) is 14.7. The molecule has 1 unspecified atom stereocenters. The minimum Gasteiger partial charge on any atom is -0.373 e. The number of hydrogen-bond donors (Lipinski definition) is 1. The van der Waals surface area contributed by atoms with Crippen molar-refractivity contribution in [3.8, 4) is 0 Å². The number of nitrogens with one attached hydrogen (secondary N) is 1. The number of benzene rings is 2. The molecule has 0 saturated carbocycles. The second-order valence-electron chi connectivity index (χ2n) is 6.64. The summed E-state index contributed by atoms with van der Waals surface area (Å²) in [5.74, 6) is 0.234. The average molecular weight is 306 g/mol. The van der Waals surface area contributed by atoms with E-state index in [0.29, 0.717) is 0 Å². The summed E-state index contributed by atoms with van der Waals surface area (Å²) < 4.78 is 0. The summed E-state index contributed by atoms with van der Waals surface area (Å²) >= 11 is 0. The molecule has 118 valence electrons. The number of anilines is 1. The Hall–Kier alpha value is -2.29. The van der Waals surface area contributed by atoms with Gasteiger partial charge in [-0.15, -0.1) is 0 Å². The van der Waals surface area contributed by atoms with E-state index in [9.17, 15) is 4.79 Å². The fraction of sp³-hybridized carbons (Fsp3) is 0.350. The van der Waals surface area contributed by atoms with Gasteiger partial charge in [0.05, 0.1) is 0 Å². The average Bonchev–Trinajstić information content (AvgIpc) is 2.89. The fourth-order valence-electron chi connectivity index (χ4n) is 3.81. The molecule has 2 aliphatic rings. The Morgan fingerprint density at radius 3 is 2.70 bits per heavy atom. The van der Waals surface area contributed by atoms with Crippen molar-refractivity contribution in [2.75, 3.05) is 11.9 Å². The van der Waals surface area contributed by atoms with Gasteiger partial charge in [0.25, 0.3) is 0 Å².